The van der Waals surface area contributed by atoms with Crippen molar-refractivity contribution in [3.63, 3.8) is 0 Å². The molecule has 8 heteroatoms. The van der Waals surface area contributed by atoms with E-state index in [9.17, 15) is 9.90 Å². The number of phenolic OH excluding ortho intramolecular Hbond substituents is 1. The van der Waals surface area contributed by atoms with E-state index in [2.05, 4.69) is 61.4 Å². The van der Waals surface area contributed by atoms with Crippen molar-refractivity contribution >= 4 is 30.7 Å². The topological polar surface area (TPSA) is 73.8 Å². The molecule has 0 aliphatic carbocycles. The number of halogens is 2. The maximum Gasteiger partial charge on any atom is 0.240 e. The maximum absolute atomic E-state index is 13.5. The molecule has 4 rings (SSSR count). The lowest BCUT2D eigenvalue weighted by Crippen LogP contribution is -2.61. The third-order valence-electron chi connectivity index (χ3n) is 8.78. The molecule has 1 saturated heterocycles. The molecule has 2 aliphatic rings. The van der Waals surface area contributed by atoms with Gasteiger partial charge >= 0.3 is 0 Å². The standard InChI is InChI=1S/C30H43N3O3.2ClH/c1-20(2)27(32-28(35)30(5)16-22-10-11-25(34)14-23(22)17-31-30)19-33-13-12-29(4,21(3)18-33)24-8-7-9-26(15-24)36-6;;/h7-11,14-15,20-21,27,31,34H,12-13,16-19H2,1-6H3,(H,32,35);2*1H/t21-,27+,29+,30+;;/m0../s1. The van der Waals surface area contributed by atoms with E-state index in [1.807, 2.05) is 19.1 Å². The highest BCUT2D eigenvalue weighted by molar-refractivity contribution is 5.87. The highest BCUT2D eigenvalue weighted by Crippen LogP contribution is 2.40. The molecule has 3 N–H and O–H groups in total. The lowest BCUT2D eigenvalue weighted by Gasteiger charge is -2.46. The summed E-state index contributed by atoms with van der Waals surface area (Å²) in [4.78, 5) is 16.0. The minimum Gasteiger partial charge on any atom is -0.508 e. The molecule has 4 atom stereocenters. The minimum atomic E-state index is -0.669. The van der Waals surface area contributed by atoms with E-state index in [4.69, 9.17) is 4.74 Å². The summed E-state index contributed by atoms with van der Waals surface area (Å²) < 4.78 is 5.48. The number of carbonyl (C=O) groups excluding carboxylic acids is 1. The number of hydrogen-bond donors (Lipinski definition) is 3. The van der Waals surface area contributed by atoms with Gasteiger partial charge in [-0.25, -0.2) is 0 Å². The molecule has 0 spiro atoms. The smallest absolute Gasteiger partial charge is 0.240 e. The second kappa shape index (κ2) is 12.9. The molecule has 212 valence electrons. The van der Waals surface area contributed by atoms with Crippen molar-refractivity contribution in [2.75, 3.05) is 26.7 Å². The zero-order valence-electron chi connectivity index (χ0n) is 23.5. The van der Waals surface area contributed by atoms with Gasteiger partial charge in [-0.3, -0.25) is 10.1 Å². The molecule has 0 unspecified atom stereocenters. The van der Waals surface area contributed by atoms with Gasteiger partial charge in [-0.05, 0) is 84.5 Å². The molecular weight excluding hydrogens is 521 g/mol. The molecule has 1 fully saturated rings. The Morgan fingerprint density at radius 1 is 1.18 bits per heavy atom. The van der Waals surface area contributed by atoms with Crippen molar-refractivity contribution in [2.45, 2.75) is 71.0 Å². The fourth-order valence-electron chi connectivity index (χ4n) is 5.76. The average molecular weight is 567 g/mol. The summed E-state index contributed by atoms with van der Waals surface area (Å²) >= 11 is 0. The van der Waals surface area contributed by atoms with Crippen LogP contribution in [0.4, 0.5) is 0 Å². The predicted molar refractivity (Wildman–Crippen MR) is 159 cm³/mol. The van der Waals surface area contributed by atoms with E-state index in [1.165, 1.54) is 5.56 Å². The molecule has 2 aliphatic heterocycles. The van der Waals surface area contributed by atoms with Crippen molar-refractivity contribution in [1.82, 2.24) is 15.5 Å². The Morgan fingerprint density at radius 2 is 1.92 bits per heavy atom. The van der Waals surface area contributed by atoms with Crippen LogP contribution < -0.4 is 15.4 Å². The fraction of sp³-hybridized carbons (Fsp3) is 0.567. The van der Waals surface area contributed by atoms with E-state index in [0.717, 1.165) is 42.9 Å². The average Bonchev–Trinajstić information content (AvgIpc) is 2.86. The first kappa shape index (κ1) is 32.2. The number of amides is 1. The van der Waals surface area contributed by atoms with Crippen LogP contribution in [0.3, 0.4) is 0 Å². The predicted octanol–water partition coefficient (Wildman–Crippen LogP) is 5.09. The molecule has 0 radical (unpaired) electrons. The summed E-state index contributed by atoms with van der Waals surface area (Å²) in [6, 6.07) is 14.0. The van der Waals surface area contributed by atoms with Crippen molar-refractivity contribution in [1.29, 1.82) is 0 Å². The zero-order chi connectivity index (χ0) is 26.1. The number of carbonyl (C=O) groups is 1. The third kappa shape index (κ3) is 6.77. The Bertz CT molecular complexity index is 1100. The van der Waals surface area contributed by atoms with E-state index in [-0.39, 0.29) is 47.9 Å². The number of nitrogens with one attached hydrogen (secondary N) is 2. The number of ether oxygens (including phenoxy) is 1. The van der Waals surface area contributed by atoms with E-state index < -0.39 is 5.54 Å². The summed E-state index contributed by atoms with van der Waals surface area (Å²) in [6.45, 7) is 14.5. The van der Waals surface area contributed by atoms with Crippen LogP contribution in [0, 0.1) is 11.8 Å². The SMILES string of the molecule is COc1cccc([C@]2(C)CCN(C[C@@H](NC(=O)[C@@]3(C)Cc4ccc(O)cc4CN3)C(C)C)C[C@@H]2C)c1.Cl.Cl. The zero-order valence-corrected chi connectivity index (χ0v) is 25.2. The van der Waals surface area contributed by atoms with Gasteiger partial charge in [0, 0.05) is 25.7 Å². The fourth-order valence-corrected chi connectivity index (χ4v) is 5.76. The summed E-state index contributed by atoms with van der Waals surface area (Å²) in [7, 11) is 1.72. The van der Waals surface area contributed by atoms with E-state index in [0.29, 0.717) is 24.8 Å². The van der Waals surface area contributed by atoms with Gasteiger partial charge in [0.2, 0.25) is 5.91 Å². The molecule has 0 bridgehead atoms. The number of hydrogen-bond acceptors (Lipinski definition) is 5. The van der Waals surface area contributed by atoms with Gasteiger partial charge in [0.1, 0.15) is 11.5 Å². The molecule has 0 saturated carbocycles. The van der Waals surface area contributed by atoms with E-state index in [1.54, 1.807) is 19.2 Å². The largest absolute Gasteiger partial charge is 0.508 e. The molecular formula is C30H45Cl2N3O3. The number of methoxy groups -OCH3 is 1. The number of likely N-dealkylation sites (tertiary alicyclic amines) is 1. The second-order valence-electron chi connectivity index (χ2n) is 11.7. The molecule has 2 heterocycles. The summed E-state index contributed by atoms with van der Waals surface area (Å²) in [5, 5.41) is 16.6. The minimum absolute atomic E-state index is 0. The number of phenols is 1. The van der Waals surface area contributed by atoms with Crippen molar-refractivity contribution in [3.05, 3.63) is 59.2 Å². The van der Waals surface area contributed by atoms with Crippen LogP contribution in [0.1, 0.15) is 57.7 Å². The van der Waals surface area contributed by atoms with Gasteiger partial charge in [0.25, 0.3) is 0 Å². The third-order valence-corrected chi connectivity index (χ3v) is 8.78. The van der Waals surface area contributed by atoms with Gasteiger partial charge in [-0.2, -0.15) is 0 Å². The van der Waals surface area contributed by atoms with Gasteiger partial charge in [-0.1, -0.05) is 45.9 Å². The molecule has 6 nitrogen and oxygen atoms in total. The van der Waals surface area contributed by atoms with E-state index >= 15 is 0 Å². The highest BCUT2D eigenvalue weighted by atomic mass is 35.5. The van der Waals surface area contributed by atoms with Crippen LogP contribution in [0.15, 0.2) is 42.5 Å². The quantitative estimate of drug-likeness (QED) is 0.436. The van der Waals surface area contributed by atoms with Crippen molar-refractivity contribution < 1.29 is 14.6 Å². The lowest BCUT2D eigenvalue weighted by molar-refractivity contribution is -0.128. The molecule has 38 heavy (non-hydrogen) atoms. The number of rotatable bonds is 7. The molecule has 1 amide bonds. The Kier molecular flexibility index (Phi) is 10.9. The number of fused-ring (bicyclic) bond motifs is 1. The summed E-state index contributed by atoms with van der Waals surface area (Å²) in [5.74, 6) is 2.03. The molecule has 2 aromatic carbocycles. The molecule has 0 aromatic heterocycles. The number of nitrogens with zero attached hydrogens (tertiary/aromatic N) is 1. The van der Waals surface area contributed by atoms with Crippen LogP contribution in [0.2, 0.25) is 0 Å². The van der Waals surface area contributed by atoms with Gasteiger partial charge in [-0.15, -0.1) is 24.8 Å². The van der Waals surface area contributed by atoms with Gasteiger partial charge in [0.15, 0.2) is 0 Å². The van der Waals surface area contributed by atoms with Gasteiger partial charge < -0.3 is 20.1 Å². The lowest BCUT2D eigenvalue weighted by atomic mass is 9.68. The van der Waals surface area contributed by atoms with Crippen LogP contribution in [-0.2, 0) is 23.2 Å². The van der Waals surface area contributed by atoms with Crippen molar-refractivity contribution in [3.8, 4) is 11.5 Å². The first-order valence-electron chi connectivity index (χ1n) is 13.3. The maximum atomic E-state index is 13.5. The number of aromatic hydroxyl groups is 1. The second-order valence-corrected chi connectivity index (χ2v) is 11.7. The van der Waals surface area contributed by atoms with Crippen LogP contribution in [0.25, 0.3) is 0 Å². The first-order valence-corrected chi connectivity index (χ1v) is 13.3. The van der Waals surface area contributed by atoms with Crippen LogP contribution >= 0.6 is 24.8 Å². The number of piperidine rings is 1. The Hall–Kier alpha value is -1.99. The summed E-state index contributed by atoms with van der Waals surface area (Å²) in [5.41, 5.74) is 2.95. The van der Waals surface area contributed by atoms with Crippen LogP contribution in [0.5, 0.6) is 11.5 Å². The highest BCUT2D eigenvalue weighted by Gasteiger charge is 2.41. The number of benzene rings is 2. The first-order chi connectivity index (χ1) is 17.0. The normalized spacial score (nSPS) is 25.9. The Balaban J connectivity index is 0.00000253. The Morgan fingerprint density at radius 3 is 2.58 bits per heavy atom. The monoisotopic (exact) mass is 565 g/mol. The summed E-state index contributed by atoms with van der Waals surface area (Å²) in [6.07, 6.45) is 1.68. The molecule has 2 aromatic rings. The Labute approximate surface area is 240 Å². The van der Waals surface area contributed by atoms with Crippen molar-refractivity contribution in [2.24, 2.45) is 11.8 Å². The van der Waals surface area contributed by atoms with Crippen LogP contribution in [-0.4, -0.2) is 54.2 Å². The van der Waals surface area contributed by atoms with Gasteiger partial charge in [0.05, 0.1) is 12.6 Å².